The topological polar surface area (TPSA) is 59.9 Å². The van der Waals surface area contributed by atoms with Crippen molar-refractivity contribution in [3.05, 3.63) is 0 Å². The first-order valence-corrected chi connectivity index (χ1v) is 3.45. The SMILES string of the molecule is CNC(=O)N=CC(C)(OC)OC. The first kappa shape index (κ1) is 11.1. The zero-order valence-corrected chi connectivity index (χ0v) is 7.75. The van der Waals surface area contributed by atoms with Crippen LogP contribution >= 0.6 is 0 Å². The predicted octanol–water partition coefficient (Wildman–Crippen LogP) is 0.406. The summed E-state index contributed by atoms with van der Waals surface area (Å²) in [5.41, 5.74) is 0. The number of hydrogen-bond acceptors (Lipinski definition) is 3. The summed E-state index contributed by atoms with van der Waals surface area (Å²) in [5.74, 6) is -0.938. The first-order valence-electron chi connectivity index (χ1n) is 3.45. The number of hydrogen-bond donors (Lipinski definition) is 1. The molecule has 0 fully saturated rings. The second kappa shape index (κ2) is 4.84. The Morgan fingerprint density at radius 1 is 1.50 bits per heavy atom. The van der Waals surface area contributed by atoms with Crippen molar-refractivity contribution in [3.8, 4) is 0 Å². The third-order valence-electron chi connectivity index (χ3n) is 1.44. The summed E-state index contributed by atoms with van der Waals surface area (Å²) in [7, 11) is 4.44. The van der Waals surface area contributed by atoms with E-state index in [0.29, 0.717) is 0 Å². The van der Waals surface area contributed by atoms with Gasteiger partial charge in [-0.15, -0.1) is 0 Å². The molecule has 0 radical (unpaired) electrons. The lowest BCUT2D eigenvalue weighted by atomic mass is 10.3. The van der Waals surface area contributed by atoms with Gasteiger partial charge in [0.15, 0.2) is 0 Å². The summed E-state index contributed by atoms with van der Waals surface area (Å²) in [6.07, 6.45) is 1.30. The number of nitrogens with zero attached hydrogens (tertiary/aromatic N) is 1. The molecule has 5 nitrogen and oxygen atoms in total. The molecule has 0 saturated heterocycles. The van der Waals surface area contributed by atoms with Gasteiger partial charge in [0, 0.05) is 21.3 Å². The molecule has 12 heavy (non-hydrogen) atoms. The molecule has 0 bridgehead atoms. The van der Waals surface area contributed by atoms with Crippen molar-refractivity contribution in [2.24, 2.45) is 4.99 Å². The van der Waals surface area contributed by atoms with Crippen LogP contribution in [0.15, 0.2) is 4.99 Å². The summed E-state index contributed by atoms with van der Waals surface area (Å²) in [6.45, 7) is 1.65. The normalized spacial score (nSPS) is 12.0. The second-order valence-corrected chi connectivity index (χ2v) is 2.24. The van der Waals surface area contributed by atoms with Gasteiger partial charge in [-0.3, -0.25) is 0 Å². The summed E-state index contributed by atoms with van der Waals surface area (Å²) >= 11 is 0. The molecule has 70 valence electrons. The van der Waals surface area contributed by atoms with Crippen LogP contribution in [-0.4, -0.2) is 39.3 Å². The molecule has 0 aromatic heterocycles. The molecule has 0 aliphatic carbocycles. The van der Waals surface area contributed by atoms with Crippen LogP contribution in [0.4, 0.5) is 4.79 Å². The van der Waals surface area contributed by atoms with Gasteiger partial charge in [0.25, 0.3) is 0 Å². The molecular formula is C7H14N2O3. The van der Waals surface area contributed by atoms with Gasteiger partial charge in [-0.05, 0) is 6.92 Å². The number of methoxy groups -OCH3 is 2. The lowest BCUT2D eigenvalue weighted by Crippen LogP contribution is -2.32. The number of nitrogens with one attached hydrogen (secondary N) is 1. The minimum atomic E-state index is -0.938. The Morgan fingerprint density at radius 2 is 2.00 bits per heavy atom. The zero-order chi connectivity index (χ0) is 9.61. The maximum Gasteiger partial charge on any atom is 0.340 e. The molecule has 0 aromatic rings. The van der Waals surface area contributed by atoms with Crippen LogP contribution in [0.3, 0.4) is 0 Å². The number of aliphatic imine (C=N–C) groups is 1. The molecule has 0 unspecified atom stereocenters. The number of ether oxygens (including phenoxy) is 2. The largest absolute Gasteiger partial charge is 0.349 e. The standard InChI is InChI=1S/C7H14N2O3/c1-7(11-3,12-4)5-9-6(10)8-2/h5H,1-4H3,(H,8,10). The lowest BCUT2D eigenvalue weighted by molar-refractivity contribution is -0.135. The highest BCUT2D eigenvalue weighted by Crippen LogP contribution is 2.05. The molecular weight excluding hydrogens is 160 g/mol. The fourth-order valence-corrected chi connectivity index (χ4v) is 0.429. The van der Waals surface area contributed by atoms with Crippen LogP contribution in [0.5, 0.6) is 0 Å². The average Bonchev–Trinajstić information content (AvgIpc) is 2.13. The van der Waals surface area contributed by atoms with Crippen molar-refractivity contribution in [1.29, 1.82) is 0 Å². The molecule has 0 aliphatic rings. The van der Waals surface area contributed by atoms with Crippen LogP contribution in [-0.2, 0) is 9.47 Å². The monoisotopic (exact) mass is 174 g/mol. The number of carbonyl (C=O) groups excluding carboxylic acids is 1. The fraction of sp³-hybridized carbons (Fsp3) is 0.714. The van der Waals surface area contributed by atoms with Crippen molar-refractivity contribution >= 4 is 12.2 Å². The van der Waals surface area contributed by atoms with Crippen molar-refractivity contribution in [3.63, 3.8) is 0 Å². The van der Waals surface area contributed by atoms with Crippen LogP contribution in [0.2, 0.25) is 0 Å². The summed E-state index contributed by atoms with van der Waals surface area (Å²) in [6, 6.07) is -0.435. The third kappa shape index (κ3) is 3.45. The number of rotatable bonds is 3. The molecule has 0 heterocycles. The average molecular weight is 174 g/mol. The van der Waals surface area contributed by atoms with E-state index in [2.05, 4.69) is 10.3 Å². The highest BCUT2D eigenvalue weighted by Gasteiger charge is 2.19. The van der Waals surface area contributed by atoms with Gasteiger partial charge >= 0.3 is 6.03 Å². The van der Waals surface area contributed by atoms with Gasteiger partial charge in [-0.2, -0.15) is 0 Å². The van der Waals surface area contributed by atoms with Crippen LogP contribution in [0.25, 0.3) is 0 Å². The third-order valence-corrected chi connectivity index (χ3v) is 1.44. The highest BCUT2D eigenvalue weighted by atomic mass is 16.7. The smallest absolute Gasteiger partial charge is 0.340 e. The highest BCUT2D eigenvalue weighted by molar-refractivity contribution is 5.85. The van der Waals surface area contributed by atoms with Crippen molar-refractivity contribution in [2.45, 2.75) is 12.7 Å². The van der Waals surface area contributed by atoms with Gasteiger partial charge in [-0.25, -0.2) is 9.79 Å². The second-order valence-electron chi connectivity index (χ2n) is 2.24. The molecule has 0 aromatic carbocycles. The van der Waals surface area contributed by atoms with Crippen LogP contribution in [0.1, 0.15) is 6.92 Å². The Kier molecular flexibility index (Phi) is 4.46. The van der Waals surface area contributed by atoms with E-state index in [4.69, 9.17) is 9.47 Å². The molecule has 0 rings (SSSR count). The number of urea groups is 1. The molecule has 0 spiro atoms. The van der Waals surface area contributed by atoms with E-state index in [0.717, 1.165) is 0 Å². The number of carbonyl (C=O) groups is 1. The fourth-order valence-electron chi connectivity index (χ4n) is 0.429. The zero-order valence-electron chi connectivity index (χ0n) is 7.75. The Bertz CT molecular complexity index is 175. The van der Waals surface area contributed by atoms with Gasteiger partial charge in [0.05, 0.1) is 6.21 Å². The Balaban J connectivity index is 4.19. The van der Waals surface area contributed by atoms with Crippen molar-refractivity contribution in [1.82, 2.24) is 5.32 Å². The molecule has 0 saturated carbocycles. The molecule has 2 amide bonds. The Hall–Kier alpha value is -0.940. The van der Waals surface area contributed by atoms with Crippen molar-refractivity contribution < 1.29 is 14.3 Å². The van der Waals surface area contributed by atoms with Gasteiger partial charge < -0.3 is 14.8 Å². The molecule has 5 heteroatoms. The van der Waals surface area contributed by atoms with E-state index in [1.54, 1.807) is 6.92 Å². The van der Waals surface area contributed by atoms with E-state index >= 15 is 0 Å². The van der Waals surface area contributed by atoms with Gasteiger partial charge in [0.2, 0.25) is 5.79 Å². The molecule has 0 aliphatic heterocycles. The summed E-state index contributed by atoms with van der Waals surface area (Å²) < 4.78 is 9.86. The van der Waals surface area contributed by atoms with Crippen molar-refractivity contribution in [2.75, 3.05) is 21.3 Å². The van der Waals surface area contributed by atoms with E-state index in [9.17, 15) is 4.79 Å². The maximum atomic E-state index is 10.7. The maximum absolute atomic E-state index is 10.7. The van der Waals surface area contributed by atoms with E-state index in [-0.39, 0.29) is 0 Å². The predicted molar refractivity (Wildman–Crippen MR) is 45.4 cm³/mol. The molecule has 0 atom stereocenters. The van der Waals surface area contributed by atoms with Gasteiger partial charge in [0.1, 0.15) is 0 Å². The van der Waals surface area contributed by atoms with E-state index in [1.165, 1.54) is 27.5 Å². The van der Waals surface area contributed by atoms with Gasteiger partial charge in [-0.1, -0.05) is 0 Å². The van der Waals surface area contributed by atoms with E-state index in [1.807, 2.05) is 0 Å². The quantitative estimate of drug-likeness (QED) is 0.498. The Morgan fingerprint density at radius 3 is 2.33 bits per heavy atom. The Labute approximate surface area is 71.8 Å². The van der Waals surface area contributed by atoms with E-state index < -0.39 is 11.8 Å². The first-order chi connectivity index (χ1) is 5.58. The minimum Gasteiger partial charge on any atom is -0.349 e. The number of amides is 2. The summed E-state index contributed by atoms with van der Waals surface area (Å²) in [5, 5.41) is 2.34. The van der Waals surface area contributed by atoms with Crippen LogP contribution in [0, 0.1) is 0 Å². The lowest BCUT2D eigenvalue weighted by Gasteiger charge is -2.20. The summed E-state index contributed by atoms with van der Waals surface area (Å²) in [4.78, 5) is 14.2. The van der Waals surface area contributed by atoms with Crippen LogP contribution < -0.4 is 5.32 Å². The molecule has 1 N–H and O–H groups in total. The minimum absolute atomic E-state index is 0.435.